The van der Waals surface area contributed by atoms with Crippen molar-refractivity contribution in [3.63, 3.8) is 0 Å². The Bertz CT molecular complexity index is 471. The second kappa shape index (κ2) is 4.14. The molecule has 0 saturated carbocycles. The van der Waals surface area contributed by atoms with E-state index in [1.807, 2.05) is 0 Å². The van der Waals surface area contributed by atoms with E-state index in [2.05, 4.69) is 5.16 Å². The molecule has 0 aliphatic carbocycles. The predicted molar refractivity (Wildman–Crippen MR) is 59.5 cm³/mol. The van der Waals surface area contributed by atoms with Crippen LogP contribution in [0, 0.1) is 0 Å². The third-order valence-electron chi connectivity index (χ3n) is 2.21. The highest BCUT2D eigenvalue weighted by molar-refractivity contribution is 5.72. The van der Waals surface area contributed by atoms with Gasteiger partial charge in [-0.25, -0.2) is 0 Å². The number of benzene rings is 1. The van der Waals surface area contributed by atoms with Crippen LogP contribution in [0.3, 0.4) is 0 Å². The quantitative estimate of drug-likeness (QED) is 0.855. The molecule has 5 heteroatoms. The van der Waals surface area contributed by atoms with Gasteiger partial charge in [-0.05, 0) is 12.1 Å². The molecule has 2 N–H and O–H groups in total. The maximum Gasteiger partial charge on any atom is 0.189 e. The minimum absolute atomic E-state index is 0.482. The molecular weight excluding hydrogens is 208 g/mol. The molecule has 0 atom stereocenters. The normalized spacial score (nSPS) is 10.1. The van der Waals surface area contributed by atoms with Crippen LogP contribution >= 0.6 is 0 Å². The van der Waals surface area contributed by atoms with E-state index in [-0.39, 0.29) is 0 Å². The Morgan fingerprint density at radius 3 is 2.19 bits per heavy atom. The van der Waals surface area contributed by atoms with Crippen molar-refractivity contribution in [2.24, 2.45) is 0 Å². The Morgan fingerprint density at radius 2 is 1.75 bits per heavy atom. The molecule has 0 spiro atoms. The van der Waals surface area contributed by atoms with Crippen molar-refractivity contribution < 1.29 is 14.0 Å². The molecule has 0 aliphatic heterocycles. The number of ether oxygens (including phenoxy) is 2. The Hall–Kier alpha value is -2.17. The molecule has 0 saturated heterocycles. The lowest BCUT2D eigenvalue weighted by Gasteiger charge is -2.06. The van der Waals surface area contributed by atoms with Crippen LogP contribution in [0.15, 0.2) is 28.9 Å². The second-order valence-corrected chi connectivity index (χ2v) is 3.21. The van der Waals surface area contributed by atoms with Crippen molar-refractivity contribution in [2.75, 3.05) is 20.0 Å². The summed E-state index contributed by atoms with van der Waals surface area (Å²) in [5, 5.41) is 3.63. The minimum Gasteiger partial charge on any atom is -0.497 e. The summed E-state index contributed by atoms with van der Waals surface area (Å²) in [5.74, 6) is 1.85. The van der Waals surface area contributed by atoms with Crippen molar-refractivity contribution in [2.45, 2.75) is 0 Å². The van der Waals surface area contributed by atoms with Crippen LogP contribution in [-0.4, -0.2) is 19.4 Å². The molecule has 0 aliphatic rings. The number of methoxy groups -OCH3 is 2. The van der Waals surface area contributed by atoms with E-state index in [9.17, 15) is 0 Å². The van der Waals surface area contributed by atoms with Crippen LogP contribution in [0.4, 0.5) is 5.69 Å². The fourth-order valence-corrected chi connectivity index (χ4v) is 1.41. The van der Waals surface area contributed by atoms with Gasteiger partial charge in [0.15, 0.2) is 5.76 Å². The standard InChI is InChI=1S/C11H12N2O3/c1-14-8-3-7(4-9(5-8)15-2)11-10(12)6-13-16-11/h3-6H,12H2,1-2H3. The van der Waals surface area contributed by atoms with Crippen LogP contribution in [0.5, 0.6) is 11.5 Å². The number of anilines is 1. The number of nitrogen functional groups attached to an aromatic ring is 1. The first kappa shape index (κ1) is 10.4. The maximum absolute atomic E-state index is 5.72. The molecule has 1 aromatic heterocycles. The zero-order chi connectivity index (χ0) is 11.5. The van der Waals surface area contributed by atoms with Crippen LogP contribution in [-0.2, 0) is 0 Å². The third-order valence-corrected chi connectivity index (χ3v) is 2.21. The van der Waals surface area contributed by atoms with E-state index < -0.39 is 0 Å². The summed E-state index contributed by atoms with van der Waals surface area (Å²) in [6.45, 7) is 0. The summed E-state index contributed by atoms with van der Waals surface area (Å²) in [4.78, 5) is 0. The Kier molecular flexibility index (Phi) is 2.68. The second-order valence-electron chi connectivity index (χ2n) is 3.21. The van der Waals surface area contributed by atoms with Gasteiger partial charge in [-0.2, -0.15) is 0 Å². The molecule has 0 unspecified atom stereocenters. The highest BCUT2D eigenvalue weighted by Crippen LogP contribution is 2.32. The summed E-state index contributed by atoms with van der Waals surface area (Å²) in [6, 6.07) is 5.38. The number of hydrogen-bond donors (Lipinski definition) is 1. The number of aromatic nitrogens is 1. The molecule has 0 amide bonds. The van der Waals surface area contributed by atoms with Gasteiger partial charge in [0.05, 0.1) is 20.4 Å². The van der Waals surface area contributed by atoms with Crippen molar-refractivity contribution in [3.05, 3.63) is 24.4 Å². The average Bonchev–Trinajstić information content (AvgIpc) is 2.74. The molecule has 16 heavy (non-hydrogen) atoms. The van der Waals surface area contributed by atoms with Crippen LogP contribution in [0.1, 0.15) is 0 Å². The first-order valence-corrected chi connectivity index (χ1v) is 4.68. The first-order valence-electron chi connectivity index (χ1n) is 4.68. The fraction of sp³-hybridized carbons (Fsp3) is 0.182. The molecule has 0 fully saturated rings. The van der Waals surface area contributed by atoms with Crippen molar-refractivity contribution in [1.82, 2.24) is 5.16 Å². The van der Waals surface area contributed by atoms with Crippen LogP contribution in [0.25, 0.3) is 11.3 Å². The van der Waals surface area contributed by atoms with E-state index in [4.69, 9.17) is 19.7 Å². The van der Waals surface area contributed by atoms with Gasteiger partial charge in [0.25, 0.3) is 0 Å². The van der Waals surface area contributed by atoms with Gasteiger partial charge in [-0.15, -0.1) is 0 Å². The van der Waals surface area contributed by atoms with E-state index in [0.29, 0.717) is 22.9 Å². The van der Waals surface area contributed by atoms with Crippen LogP contribution < -0.4 is 15.2 Å². The molecule has 5 nitrogen and oxygen atoms in total. The summed E-state index contributed by atoms with van der Waals surface area (Å²) < 4.78 is 15.4. The SMILES string of the molecule is COc1cc(OC)cc(-c2oncc2N)c1. The van der Waals surface area contributed by atoms with Crippen molar-refractivity contribution in [3.8, 4) is 22.8 Å². The number of nitrogens with two attached hydrogens (primary N) is 1. The number of rotatable bonds is 3. The zero-order valence-electron chi connectivity index (χ0n) is 9.06. The maximum atomic E-state index is 5.72. The molecule has 2 aromatic rings. The van der Waals surface area contributed by atoms with Crippen molar-refractivity contribution >= 4 is 5.69 Å². The van der Waals surface area contributed by atoms with Crippen molar-refractivity contribution in [1.29, 1.82) is 0 Å². The molecule has 0 bridgehead atoms. The molecule has 84 valence electrons. The summed E-state index contributed by atoms with van der Waals surface area (Å²) in [7, 11) is 3.17. The van der Waals surface area contributed by atoms with Gasteiger partial charge in [0.2, 0.25) is 0 Å². The Morgan fingerprint density at radius 1 is 1.12 bits per heavy atom. The van der Waals surface area contributed by atoms with E-state index >= 15 is 0 Å². The Balaban J connectivity index is 2.52. The summed E-state index contributed by atoms with van der Waals surface area (Å²) in [5.41, 5.74) is 6.97. The average molecular weight is 220 g/mol. The lowest BCUT2D eigenvalue weighted by atomic mass is 10.1. The molecule has 0 radical (unpaired) electrons. The molecule has 1 aromatic carbocycles. The monoisotopic (exact) mass is 220 g/mol. The fourth-order valence-electron chi connectivity index (χ4n) is 1.41. The highest BCUT2D eigenvalue weighted by atomic mass is 16.5. The molecular formula is C11H12N2O3. The van der Waals surface area contributed by atoms with Crippen LogP contribution in [0.2, 0.25) is 0 Å². The van der Waals surface area contributed by atoms with E-state index in [1.54, 1.807) is 32.4 Å². The smallest absolute Gasteiger partial charge is 0.189 e. The number of hydrogen-bond acceptors (Lipinski definition) is 5. The Labute approximate surface area is 92.8 Å². The van der Waals surface area contributed by atoms with E-state index in [0.717, 1.165) is 5.56 Å². The first-order chi connectivity index (χ1) is 7.74. The zero-order valence-corrected chi connectivity index (χ0v) is 9.06. The lowest BCUT2D eigenvalue weighted by molar-refractivity contribution is 0.393. The third kappa shape index (κ3) is 1.79. The van der Waals surface area contributed by atoms with Gasteiger partial charge in [-0.1, -0.05) is 5.16 Å². The topological polar surface area (TPSA) is 70.5 Å². The largest absolute Gasteiger partial charge is 0.497 e. The van der Waals surface area contributed by atoms with Gasteiger partial charge in [-0.3, -0.25) is 0 Å². The number of nitrogens with zero attached hydrogens (tertiary/aromatic N) is 1. The highest BCUT2D eigenvalue weighted by Gasteiger charge is 2.10. The van der Waals surface area contributed by atoms with E-state index in [1.165, 1.54) is 6.20 Å². The summed E-state index contributed by atoms with van der Waals surface area (Å²) in [6.07, 6.45) is 1.46. The molecule has 2 rings (SSSR count). The summed E-state index contributed by atoms with van der Waals surface area (Å²) >= 11 is 0. The lowest BCUT2D eigenvalue weighted by Crippen LogP contribution is -1.90. The van der Waals surface area contributed by atoms with Gasteiger partial charge >= 0.3 is 0 Å². The predicted octanol–water partition coefficient (Wildman–Crippen LogP) is 1.94. The van der Waals surface area contributed by atoms with Gasteiger partial charge in [0.1, 0.15) is 17.2 Å². The van der Waals surface area contributed by atoms with Gasteiger partial charge < -0.3 is 19.7 Å². The molecule has 1 heterocycles. The van der Waals surface area contributed by atoms with Gasteiger partial charge in [0, 0.05) is 11.6 Å². The minimum atomic E-state index is 0.482.